The van der Waals surface area contributed by atoms with Gasteiger partial charge in [0.2, 0.25) is 0 Å². The molecule has 0 saturated carbocycles. The molecule has 2 aromatic rings. The first-order chi connectivity index (χ1) is 10.5. The van der Waals surface area contributed by atoms with Gasteiger partial charge in [0.25, 0.3) is 0 Å². The fourth-order valence-corrected chi connectivity index (χ4v) is 2.27. The lowest BCUT2D eigenvalue weighted by atomic mass is 10.2. The molecule has 0 atom stereocenters. The maximum Gasteiger partial charge on any atom is 0.134 e. The Balaban J connectivity index is 1.78. The van der Waals surface area contributed by atoms with Crippen molar-refractivity contribution in [1.82, 2.24) is 10.6 Å². The van der Waals surface area contributed by atoms with Gasteiger partial charge in [-0.05, 0) is 35.4 Å². The maximum atomic E-state index is 5.85. The van der Waals surface area contributed by atoms with Crippen LogP contribution in [-0.4, -0.2) is 9.98 Å². The van der Waals surface area contributed by atoms with Crippen molar-refractivity contribution in [2.24, 2.45) is 0 Å². The minimum atomic E-state index is 0.527. The van der Waals surface area contributed by atoms with Crippen molar-refractivity contribution in [3.05, 3.63) is 69.7 Å². The van der Waals surface area contributed by atoms with Crippen molar-refractivity contribution >= 4 is 57.6 Å². The lowest BCUT2D eigenvalue weighted by molar-refractivity contribution is 0.909. The highest BCUT2D eigenvalue weighted by Gasteiger charge is 2.04. The van der Waals surface area contributed by atoms with Gasteiger partial charge < -0.3 is 10.6 Å². The van der Waals surface area contributed by atoms with Gasteiger partial charge in [-0.25, -0.2) is 0 Å². The van der Waals surface area contributed by atoms with E-state index >= 15 is 0 Å². The summed E-state index contributed by atoms with van der Waals surface area (Å²) in [4.78, 5) is 1.05. The number of hydrogen-bond donors (Lipinski definition) is 2. The number of hydrogen-bond acceptors (Lipinski definition) is 2. The molecule has 0 radical (unpaired) electrons. The second-order valence-electron chi connectivity index (χ2n) is 4.62. The predicted molar refractivity (Wildman–Crippen MR) is 102 cm³/mol. The van der Waals surface area contributed by atoms with Crippen molar-refractivity contribution in [3.8, 4) is 0 Å². The minimum absolute atomic E-state index is 0.527. The Kier molecular flexibility index (Phi) is 6.58. The smallest absolute Gasteiger partial charge is 0.134 e. The van der Waals surface area contributed by atoms with E-state index in [9.17, 15) is 0 Å². The van der Waals surface area contributed by atoms with Crippen LogP contribution in [0.15, 0.2) is 48.5 Å². The van der Waals surface area contributed by atoms with E-state index in [1.807, 2.05) is 48.5 Å². The monoisotopic (exact) mass is 368 g/mol. The topological polar surface area (TPSA) is 24.1 Å². The van der Waals surface area contributed by atoms with Crippen molar-refractivity contribution in [2.75, 3.05) is 0 Å². The molecule has 0 bridgehead atoms. The molecule has 0 unspecified atom stereocenters. The highest BCUT2D eigenvalue weighted by molar-refractivity contribution is 7.89. The molecule has 0 aromatic heterocycles. The van der Waals surface area contributed by atoms with E-state index in [4.69, 9.17) is 47.6 Å². The molecule has 2 rings (SSSR count). The van der Waals surface area contributed by atoms with Gasteiger partial charge in [-0.1, -0.05) is 71.9 Å². The van der Waals surface area contributed by atoms with E-state index in [0.717, 1.165) is 11.1 Å². The van der Waals surface area contributed by atoms with Gasteiger partial charge in [-0.3, -0.25) is 0 Å². The largest absolute Gasteiger partial charge is 0.370 e. The van der Waals surface area contributed by atoms with Crippen LogP contribution in [0.5, 0.6) is 0 Å². The molecule has 0 spiro atoms. The van der Waals surface area contributed by atoms with Crippen molar-refractivity contribution in [2.45, 2.75) is 13.1 Å². The fourth-order valence-electron chi connectivity index (χ4n) is 1.73. The second kappa shape index (κ2) is 8.44. The zero-order valence-electron chi connectivity index (χ0n) is 11.6. The van der Waals surface area contributed by atoms with Gasteiger partial charge >= 0.3 is 0 Å². The molecule has 0 fully saturated rings. The SMILES string of the molecule is S=C(NCc1ccc(Cl)cc1)C(=S)NCc1ccc(Cl)cc1. The van der Waals surface area contributed by atoms with Gasteiger partial charge in [-0.2, -0.15) is 0 Å². The number of halogens is 2. The first kappa shape index (κ1) is 17.2. The van der Waals surface area contributed by atoms with E-state index in [-0.39, 0.29) is 0 Å². The number of rotatable bonds is 4. The van der Waals surface area contributed by atoms with Crippen LogP contribution in [0.1, 0.15) is 11.1 Å². The lowest BCUT2D eigenvalue weighted by Crippen LogP contribution is -2.36. The summed E-state index contributed by atoms with van der Waals surface area (Å²) in [6.07, 6.45) is 0. The highest BCUT2D eigenvalue weighted by atomic mass is 35.5. The lowest BCUT2D eigenvalue weighted by Gasteiger charge is -2.11. The second-order valence-corrected chi connectivity index (χ2v) is 6.31. The van der Waals surface area contributed by atoms with Crippen LogP contribution in [0.25, 0.3) is 0 Å². The highest BCUT2D eigenvalue weighted by Crippen LogP contribution is 2.10. The standard InChI is InChI=1S/C16H14Cl2N2S2/c17-13-5-1-11(2-6-13)9-19-15(21)16(22)20-10-12-3-7-14(18)8-4-12/h1-8H,9-10H2,(H,19,21)(H,20,22). The molecule has 2 N–H and O–H groups in total. The number of nitrogens with one attached hydrogen (secondary N) is 2. The average Bonchev–Trinajstić information content (AvgIpc) is 2.53. The van der Waals surface area contributed by atoms with Crippen LogP contribution in [0.3, 0.4) is 0 Å². The van der Waals surface area contributed by atoms with E-state index < -0.39 is 0 Å². The summed E-state index contributed by atoms with van der Waals surface area (Å²) in [6, 6.07) is 15.2. The first-order valence-corrected chi connectivity index (χ1v) is 8.17. The summed E-state index contributed by atoms with van der Waals surface area (Å²) in [7, 11) is 0. The zero-order valence-corrected chi connectivity index (χ0v) is 14.8. The number of thiocarbonyl (C=S) groups is 2. The summed E-state index contributed by atoms with van der Waals surface area (Å²) < 4.78 is 0. The number of benzene rings is 2. The molecule has 22 heavy (non-hydrogen) atoms. The Morgan fingerprint density at radius 3 is 1.32 bits per heavy atom. The van der Waals surface area contributed by atoms with Crippen molar-refractivity contribution in [3.63, 3.8) is 0 Å². The average molecular weight is 369 g/mol. The van der Waals surface area contributed by atoms with E-state index in [0.29, 0.717) is 33.1 Å². The van der Waals surface area contributed by atoms with Gasteiger partial charge in [0.05, 0.1) is 0 Å². The van der Waals surface area contributed by atoms with E-state index in [2.05, 4.69) is 10.6 Å². The molecule has 2 aromatic carbocycles. The van der Waals surface area contributed by atoms with Gasteiger partial charge in [0.15, 0.2) is 0 Å². The Labute approximate surface area is 150 Å². The molecule has 6 heteroatoms. The minimum Gasteiger partial charge on any atom is -0.370 e. The van der Waals surface area contributed by atoms with Crippen molar-refractivity contribution < 1.29 is 0 Å². The molecule has 0 amide bonds. The first-order valence-electron chi connectivity index (χ1n) is 6.59. The van der Waals surface area contributed by atoms with E-state index in [1.165, 1.54) is 0 Å². The molecule has 0 aliphatic carbocycles. The van der Waals surface area contributed by atoms with Crippen LogP contribution in [0.2, 0.25) is 10.0 Å². The van der Waals surface area contributed by atoms with Crippen LogP contribution in [-0.2, 0) is 13.1 Å². The zero-order chi connectivity index (χ0) is 15.9. The molecule has 0 aliphatic heterocycles. The molecular formula is C16H14Cl2N2S2. The molecule has 0 aliphatic rings. The summed E-state index contributed by atoms with van der Waals surface area (Å²) in [5, 5.41) is 7.68. The van der Waals surface area contributed by atoms with Gasteiger partial charge in [0, 0.05) is 23.1 Å². The summed E-state index contributed by atoms with van der Waals surface area (Å²) in [6.45, 7) is 1.22. The maximum absolute atomic E-state index is 5.85. The fraction of sp³-hybridized carbons (Fsp3) is 0.125. The van der Waals surface area contributed by atoms with Crippen molar-refractivity contribution in [1.29, 1.82) is 0 Å². The Bertz CT molecular complexity index is 595. The Morgan fingerprint density at radius 1 is 0.682 bits per heavy atom. The third-order valence-electron chi connectivity index (χ3n) is 2.94. The van der Waals surface area contributed by atoms with E-state index in [1.54, 1.807) is 0 Å². The Hall–Kier alpha value is -1.20. The molecule has 0 heterocycles. The van der Waals surface area contributed by atoms with Gasteiger partial charge in [-0.15, -0.1) is 0 Å². The predicted octanol–water partition coefficient (Wildman–Crippen LogP) is 4.53. The summed E-state index contributed by atoms with van der Waals surface area (Å²) >= 11 is 22.2. The Morgan fingerprint density at radius 2 is 1.00 bits per heavy atom. The van der Waals surface area contributed by atoms with Crippen LogP contribution >= 0.6 is 47.6 Å². The molecule has 2 nitrogen and oxygen atoms in total. The van der Waals surface area contributed by atoms with Gasteiger partial charge in [0.1, 0.15) is 9.98 Å². The summed E-state index contributed by atoms with van der Waals surface area (Å²) in [5.74, 6) is 0. The normalized spacial score (nSPS) is 10.1. The molecule has 114 valence electrons. The quantitative estimate of drug-likeness (QED) is 0.774. The van der Waals surface area contributed by atoms with Crippen LogP contribution < -0.4 is 10.6 Å². The summed E-state index contributed by atoms with van der Waals surface area (Å²) in [5.41, 5.74) is 2.18. The van der Waals surface area contributed by atoms with Crippen LogP contribution in [0, 0.1) is 0 Å². The van der Waals surface area contributed by atoms with Crippen LogP contribution in [0.4, 0.5) is 0 Å². The molecular weight excluding hydrogens is 355 g/mol. The third kappa shape index (κ3) is 5.54. The molecule has 0 saturated heterocycles. The third-order valence-corrected chi connectivity index (χ3v) is 4.27.